The number of likely N-dealkylation sites (N-methyl/N-ethyl adjacent to an activating group) is 2. The van der Waals surface area contributed by atoms with Crippen LogP contribution in [0.25, 0.3) is 0 Å². The summed E-state index contributed by atoms with van der Waals surface area (Å²) in [6, 6.07) is 1.27. The van der Waals surface area contributed by atoms with E-state index in [1.54, 1.807) is 0 Å². The van der Waals surface area contributed by atoms with Gasteiger partial charge in [-0.2, -0.15) is 0 Å². The lowest BCUT2D eigenvalue weighted by Gasteiger charge is -2.36. The van der Waals surface area contributed by atoms with Crippen LogP contribution in [0.1, 0.15) is 46.0 Å². The van der Waals surface area contributed by atoms with E-state index in [0.29, 0.717) is 12.1 Å². The van der Waals surface area contributed by atoms with Gasteiger partial charge in [-0.25, -0.2) is 0 Å². The molecule has 0 amide bonds. The minimum Gasteiger partial charge on any atom is -0.381 e. The Hall–Kier alpha value is -0.120. The first-order chi connectivity index (χ1) is 8.72. The summed E-state index contributed by atoms with van der Waals surface area (Å²) in [5.74, 6) is 0.733. The van der Waals surface area contributed by atoms with Crippen LogP contribution in [0.2, 0.25) is 0 Å². The van der Waals surface area contributed by atoms with Crippen LogP contribution in [-0.4, -0.2) is 50.8 Å². The molecule has 1 aliphatic rings. The van der Waals surface area contributed by atoms with Crippen LogP contribution in [0.5, 0.6) is 0 Å². The summed E-state index contributed by atoms with van der Waals surface area (Å²) in [5.41, 5.74) is 0. The fraction of sp³-hybridized carbons (Fsp3) is 1.00. The van der Waals surface area contributed by atoms with Gasteiger partial charge in [0.25, 0.3) is 0 Å². The maximum Gasteiger partial charge on any atom is 0.0506 e. The highest BCUT2D eigenvalue weighted by molar-refractivity contribution is 4.82. The first-order valence-corrected chi connectivity index (χ1v) is 7.68. The number of rotatable bonds is 8. The van der Waals surface area contributed by atoms with Crippen LogP contribution in [0.4, 0.5) is 0 Å². The van der Waals surface area contributed by atoms with Gasteiger partial charge in [0.2, 0.25) is 0 Å². The van der Waals surface area contributed by atoms with Gasteiger partial charge in [-0.1, -0.05) is 20.3 Å². The first-order valence-electron chi connectivity index (χ1n) is 7.68. The van der Waals surface area contributed by atoms with Gasteiger partial charge >= 0.3 is 0 Å². The fourth-order valence-corrected chi connectivity index (χ4v) is 3.24. The fourth-order valence-electron chi connectivity index (χ4n) is 3.24. The molecule has 0 radical (unpaired) electrons. The van der Waals surface area contributed by atoms with E-state index in [9.17, 15) is 0 Å². The third kappa shape index (κ3) is 4.87. The standard InChI is InChI=1S/C15H32N2O/c1-5-8-14(16-3)15(6-2)17(4)11-13-9-7-10-18-12-13/h13-16H,5-12H2,1-4H3. The second-order valence-corrected chi connectivity index (χ2v) is 5.68. The molecule has 1 N–H and O–H groups in total. The molecule has 0 saturated carbocycles. The monoisotopic (exact) mass is 256 g/mol. The Morgan fingerprint density at radius 3 is 2.67 bits per heavy atom. The summed E-state index contributed by atoms with van der Waals surface area (Å²) >= 11 is 0. The zero-order valence-corrected chi connectivity index (χ0v) is 12.7. The van der Waals surface area contributed by atoms with Gasteiger partial charge in [0.05, 0.1) is 6.61 Å². The van der Waals surface area contributed by atoms with Crippen LogP contribution in [0.15, 0.2) is 0 Å². The molecule has 0 spiro atoms. The molecule has 108 valence electrons. The van der Waals surface area contributed by atoms with Gasteiger partial charge in [-0.05, 0) is 45.7 Å². The van der Waals surface area contributed by atoms with Crippen LogP contribution >= 0.6 is 0 Å². The van der Waals surface area contributed by atoms with Gasteiger partial charge in [-0.3, -0.25) is 0 Å². The molecule has 1 fully saturated rings. The van der Waals surface area contributed by atoms with Crippen molar-refractivity contribution in [3.05, 3.63) is 0 Å². The molecule has 18 heavy (non-hydrogen) atoms. The summed E-state index contributed by atoms with van der Waals surface area (Å²) in [6.07, 6.45) is 6.30. The number of nitrogens with one attached hydrogen (secondary N) is 1. The number of hydrogen-bond acceptors (Lipinski definition) is 3. The Kier molecular flexibility index (Phi) is 7.87. The summed E-state index contributed by atoms with van der Waals surface area (Å²) in [6.45, 7) is 7.68. The van der Waals surface area contributed by atoms with E-state index in [-0.39, 0.29) is 0 Å². The molecular formula is C15H32N2O. The Morgan fingerprint density at radius 2 is 2.17 bits per heavy atom. The van der Waals surface area contributed by atoms with E-state index in [1.165, 1.54) is 38.6 Å². The molecule has 1 heterocycles. The maximum atomic E-state index is 5.59. The van der Waals surface area contributed by atoms with Crippen molar-refractivity contribution >= 4 is 0 Å². The molecule has 0 aliphatic carbocycles. The Morgan fingerprint density at radius 1 is 1.39 bits per heavy atom. The molecule has 3 unspecified atom stereocenters. The van der Waals surface area contributed by atoms with Crippen LogP contribution in [0.3, 0.4) is 0 Å². The van der Waals surface area contributed by atoms with Crippen molar-refractivity contribution in [2.75, 3.05) is 33.9 Å². The molecule has 3 heteroatoms. The molecule has 1 saturated heterocycles. The Labute approximate surface area is 113 Å². The molecule has 3 nitrogen and oxygen atoms in total. The van der Waals surface area contributed by atoms with Crippen LogP contribution in [-0.2, 0) is 4.74 Å². The van der Waals surface area contributed by atoms with Crippen molar-refractivity contribution < 1.29 is 4.74 Å². The van der Waals surface area contributed by atoms with E-state index in [0.717, 1.165) is 19.1 Å². The van der Waals surface area contributed by atoms with Gasteiger partial charge in [0.1, 0.15) is 0 Å². The predicted octanol–water partition coefficient (Wildman–Crippen LogP) is 2.51. The molecule has 0 aromatic heterocycles. The number of nitrogens with zero attached hydrogens (tertiary/aromatic N) is 1. The number of hydrogen-bond donors (Lipinski definition) is 1. The second-order valence-electron chi connectivity index (χ2n) is 5.68. The van der Waals surface area contributed by atoms with E-state index >= 15 is 0 Å². The molecule has 1 rings (SSSR count). The third-order valence-electron chi connectivity index (χ3n) is 4.22. The zero-order valence-electron chi connectivity index (χ0n) is 12.7. The largest absolute Gasteiger partial charge is 0.381 e. The maximum absolute atomic E-state index is 5.59. The van der Waals surface area contributed by atoms with E-state index in [2.05, 4.69) is 38.2 Å². The van der Waals surface area contributed by atoms with Crippen LogP contribution < -0.4 is 5.32 Å². The van der Waals surface area contributed by atoms with Gasteiger partial charge < -0.3 is 15.0 Å². The molecule has 0 aromatic rings. The molecule has 1 aliphatic heterocycles. The van der Waals surface area contributed by atoms with Gasteiger partial charge in [0, 0.05) is 25.2 Å². The topological polar surface area (TPSA) is 24.5 Å². The quantitative estimate of drug-likeness (QED) is 0.722. The van der Waals surface area contributed by atoms with Crippen molar-refractivity contribution in [1.82, 2.24) is 10.2 Å². The first kappa shape index (κ1) is 15.9. The van der Waals surface area contributed by atoms with Crippen molar-refractivity contribution in [2.24, 2.45) is 5.92 Å². The highest BCUT2D eigenvalue weighted by Gasteiger charge is 2.24. The molecule has 3 atom stereocenters. The average Bonchev–Trinajstić information content (AvgIpc) is 2.39. The molecule has 0 bridgehead atoms. The summed E-state index contributed by atoms with van der Waals surface area (Å²) in [5, 5.41) is 3.50. The van der Waals surface area contributed by atoms with E-state index in [1.807, 2.05) is 0 Å². The van der Waals surface area contributed by atoms with Crippen molar-refractivity contribution in [3.8, 4) is 0 Å². The third-order valence-corrected chi connectivity index (χ3v) is 4.22. The highest BCUT2D eigenvalue weighted by Crippen LogP contribution is 2.18. The lowest BCUT2D eigenvalue weighted by Crippen LogP contribution is -2.49. The van der Waals surface area contributed by atoms with Crippen molar-refractivity contribution in [3.63, 3.8) is 0 Å². The zero-order chi connectivity index (χ0) is 13.4. The minimum absolute atomic E-state index is 0.620. The Bertz CT molecular complexity index is 205. The average molecular weight is 256 g/mol. The Balaban J connectivity index is 2.46. The minimum atomic E-state index is 0.620. The molecular weight excluding hydrogens is 224 g/mol. The van der Waals surface area contributed by atoms with E-state index in [4.69, 9.17) is 4.74 Å². The summed E-state index contributed by atoms with van der Waals surface area (Å²) < 4.78 is 5.59. The normalized spacial score (nSPS) is 24.2. The van der Waals surface area contributed by atoms with Crippen molar-refractivity contribution in [2.45, 2.75) is 58.0 Å². The molecule has 0 aromatic carbocycles. The van der Waals surface area contributed by atoms with Gasteiger partial charge in [0.15, 0.2) is 0 Å². The summed E-state index contributed by atoms with van der Waals surface area (Å²) in [4.78, 5) is 2.55. The smallest absolute Gasteiger partial charge is 0.0506 e. The van der Waals surface area contributed by atoms with Crippen molar-refractivity contribution in [1.29, 1.82) is 0 Å². The lowest BCUT2D eigenvalue weighted by atomic mass is 9.96. The SMILES string of the molecule is CCCC(NC)C(CC)N(C)CC1CCCOC1. The van der Waals surface area contributed by atoms with Gasteiger partial charge in [-0.15, -0.1) is 0 Å². The van der Waals surface area contributed by atoms with E-state index < -0.39 is 0 Å². The summed E-state index contributed by atoms with van der Waals surface area (Å²) in [7, 11) is 4.38. The highest BCUT2D eigenvalue weighted by atomic mass is 16.5. The second kappa shape index (κ2) is 8.89. The predicted molar refractivity (Wildman–Crippen MR) is 78.0 cm³/mol. The lowest BCUT2D eigenvalue weighted by molar-refractivity contribution is 0.0324. The number of ether oxygens (including phenoxy) is 1. The van der Waals surface area contributed by atoms with Crippen LogP contribution in [0, 0.1) is 5.92 Å².